The Morgan fingerprint density at radius 2 is 1.94 bits per heavy atom. The average Bonchev–Trinajstić information content (AvgIpc) is 1.96. The zero-order valence-electron chi connectivity index (χ0n) is 10.7. The van der Waals surface area contributed by atoms with Crippen molar-refractivity contribution in [1.82, 2.24) is 10.0 Å². The molecule has 0 aromatic heterocycles. The van der Waals surface area contributed by atoms with E-state index in [0.29, 0.717) is 5.92 Å². The molecule has 96 valence electrons. The van der Waals surface area contributed by atoms with E-state index < -0.39 is 10.0 Å². The first kappa shape index (κ1) is 13.9. The summed E-state index contributed by atoms with van der Waals surface area (Å²) in [6.07, 6.45) is 0.927. The lowest BCUT2D eigenvalue weighted by molar-refractivity contribution is 0.344. The van der Waals surface area contributed by atoms with Crippen LogP contribution < -0.4 is 10.0 Å². The van der Waals surface area contributed by atoms with Crippen LogP contribution in [0.5, 0.6) is 0 Å². The summed E-state index contributed by atoms with van der Waals surface area (Å²) >= 11 is 0. The predicted molar refractivity (Wildman–Crippen MR) is 66.8 cm³/mol. The SMILES string of the molecule is CC1CNCC(NS(=O)(=O)CC(C)(C)C)C1. The second-order valence-corrected chi connectivity index (χ2v) is 7.89. The Balaban J connectivity index is 2.52. The van der Waals surface area contributed by atoms with Crippen molar-refractivity contribution >= 4 is 10.0 Å². The van der Waals surface area contributed by atoms with E-state index in [0.717, 1.165) is 19.5 Å². The molecule has 5 heteroatoms. The number of sulfonamides is 1. The molecule has 0 bridgehead atoms. The molecule has 1 rings (SSSR count). The van der Waals surface area contributed by atoms with Gasteiger partial charge >= 0.3 is 0 Å². The van der Waals surface area contributed by atoms with E-state index in [1.54, 1.807) is 0 Å². The third-order valence-electron chi connectivity index (χ3n) is 2.54. The van der Waals surface area contributed by atoms with E-state index in [2.05, 4.69) is 17.0 Å². The van der Waals surface area contributed by atoms with Gasteiger partial charge in [0.1, 0.15) is 0 Å². The first-order valence-electron chi connectivity index (χ1n) is 5.89. The Labute approximate surface area is 99.2 Å². The Morgan fingerprint density at radius 3 is 2.44 bits per heavy atom. The van der Waals surface area contributed by atoms with E-state index in [4.69, 9.17) is 0 Å². The van der Waals surface area contributed by atoms with Crippen LogP contribution in [0.2, 0.25) is 0 Å². The first-order valence-corrected chi connectivity index (χ1v) is 7.54. The molecule has 1 aliphatic heterocycles. The quantitative estimate of drug-likeness (QED) is 0.782. The van der Waals surface area contributed by atoms with Crippen LogP contribution in [0, 0.1) is 11.3 Å². The van der Waals surface area contributed by atoms with Gasteiger partial charge in [-0.05, 0) is 24.3 Å². The number of piperidine rings is 1. The lowest BCUT2D eigenvalue weighted by Gasteiger charge is -2.29. The number of hydrogen-bond donors (Lipinski definition) is 2. The molecule has 0 saturated carbocycles. The average molecular weight is 248 g/mol. The van der Waals surface area contributed by atoms with Crippen LogP contribution in [0.4, 0.5) is 0 Å². The van der Waals surface area contributed by atoms with Gasteiger partial charge in [0.25, 0.3) is 0 Å². The van der Waals surface area contributed by atoms with Gasteiger partial charge in [-0.1, -0.05) is 27.7 Å². The van der Waals surface area contributed by atoms with E-state index in [1.165, 1.54) is 0 Å². The topological polar surface area (TPSA) is 58.2 Å². The molecule has 0 spiro atoms. The van der Waals surface area contributed by atoms with Crippen molar-refractivity contribution in [3.63, 3.8) is 0 Å². The van der Waals surface area contributed by atoms with Gasteiger partial charge in [-0.3, -0.25) is 0 Å². The van der Waals surface area contributed by atoms with Crippen molar-refractivity contribution in [1.29, 1.82) is 0 Å². The normalized spacial score (nSPS) is 28.0. The molecule has 0 aromatic carbocycles. The maximum atomic E-state index is 11.9. The Hall–Kier alpha value is -0.130. The summed E-state index contributed by atoms with van der Waals surface area (Å²) in [6.45, 7) is 9.68. The zero-order chi connectivity index (χ0) is 12.4. The second-order valence-electron chi connectivity index (χ2n) is 6.13. The first-order chi connectivity index (χ1) is 7.18. The minimum atomic E-state index is -3.15. The molecule has 0 amide bonds. The molecule has 4 nitrogen and oxygen atoms in total. The summed E-state index contributed by atoms with van der Waals surface area (Å²) in [5.41, 5.74) is -0.195. The highest BCUT2D eigenvalue weighted by atomic mass is 32.2. The fourth-order valence-electron chi connectivity index (χ4n) is 2.11. The highest BCUT2D eigenvalue weighted by Gasteiger charge is 2.26. The number of nitrogens with one attached hydrogen (secondary N) is 2. The van der Waals surface area contributed by atoms with E-state index in [-0.39, 0.29) is 17.2 Å². The summed E-state index contributed by atoms with van der Waals surface area (Å²) in [7, 11) is -3.15. The van der Waals surface area contributed by atoms with Crippen LogP contribution in [-0.2, 0) is 10.0 Å². The lowest BCUT2D eigenvalue weighted by atomic mass is 9.99. The minimum absolute atomic E-state index is 0.0519. The molecular weight excluding hydrogens is 224 g/mol. The van der Waals surface area contributed by atoms with Crippen molar-refractivity contribution < 1.29 is 8.42 Å². The number of hydrogen-bond acceptors (Lipinski definition) is 3. The molecule has 16 heavy (non-hydrogen) atoms. The van der Waals surface area contributed by atoms with Gasteiger partial charge in [0.05, 0.1) is 5.75 Å². The third-order valence-corrected chi connectivity index (χ3v) is 4.48. The van der Waals surface area contributed by atoms with Gasteiger partial charge in [-0.15, -0.1) is 0 Å². The molecule has 1 aliphatic rings. The summed E-state index contributed by atoms with van der Waals surface area (Å²) in [5, 5.41) is 3.24. The van der Waals surface area contributed by atoms with Gasteiger partial charge in [0.15, 0.2) is 0 Å². The summed E-state index contributed by atoms with van der Waals surface area (Å²) < 4.78 is 26.6. The molecule has 1 fully saturated rings. The maximum Gasteiger partial charge on any atom is 0.212 e. The standard InChI is InChI=1S/C11H24N2O2S/c1-9-5-10(7-12-6-9)13-16(14,15)8-11(2,3)4/h9-10,12-13H,5-8H2,1-4H3. The van der Waals surface area contributed by atoms with Gasteiger partial charge < -0.3 is 5.32 Å². The second kappa shape index (κ2) is 5.02. The monoisotopic (exact) mass is 248 g/mol. The molecule has 2 N–H and O–H groups in total. The molecule has 1 heterocycles. The lowest BCUT2D eigenvalue weighted by Crippen LogP contribution is -2.49. The molecular formula is C11H24N2O2S. The smallest absolute Gasteiger partial charge is 0.212 e. The fraction of sp³-hybridized carbons (Fsp3) is 1.00. The highest BCUT2D eigenvalue weighted by Crippen LogP contribution is 2.17. The molecule has 2 atom stereocenters. The molecule has 0 aromatic rings. The number of rotatable bonds is 3. The van der Waals surface area contributed by atoms with Crippen molar-refractivity contribution in [2.24, 2.45) is 11.3 Å². The third kappa shape index (κ3) is 5.27. The summed E-state index contributed by atoms with van der Waals surface area (Å²) in [4.78, 5) is 0. The highest BCUT2D eigenvalue weighted by molar-refractivity contribution is 7.89. The fourth-order valence-corrected chi connectivity index (χ4v) is 4.02. The Kier molecular flexibility index (Phi) is 4.37. The van der Waals surface area contributed by atoms with Crippen LogP contribution in [0.25, 0.3) is 0 Å². The molecule has 0 radical (unpaired) electrons. The van der Waals surface area contributed by atoms with Crippen LogP contribution in [0.1, 0.15) is 34.1 Å². The van der Waals surface area contributed by atoms with Crippen LogP contribution in [0.15, 0.2) is 0 Å². The van der Waals surface area contributed by atoms with E-state index in [9.17, 15) is 8.42 Å². The Bertz CT molecular complexity index is 319. The summed E-state index contributed by atoms with van der Waals surface area (Å²) in [5.74, 6) is 0.723. The van der Waals surface area contributed by atoms with Gasteiger partial charge in [0.2, 0.25) is 10.0 Å². The van der Waals surface area contributed by atoms with Crippen molar-refractivity contribution in [2.75, 3.05) is 18.8 Å². The van der Waals surface area contributed by atoms with Crippen LogP contribution >= 0.6 is 0 Å². The van der Waals surface area contributed by atoms with Crippen molar-refractivity contribution in [3.8, 4) is 0 Å². The zero-order valence-corrected chi connectivity index (χ0v) is 11.5. The van der Waals surface area contributed by atoms with Crippen LogP contribution in [-0.4, -0.2) is 33.3 Å². The summed E-state index contributed by atoms with van der Waals surface area (Å²) in [6, 6.07) is 0.0519. The Morgan fingerprint density at radius 1 is 1.31 bits per heavy atom. The van der Waals surface area contributed by atoms with Gasteiger partial charge in [-0.25, -0.2) is 13.1 Å². The van der Waals surface area contributed by atoms with Gasteiger partial charge in [0, 0.05) is 12.6 Å². The van der Waals surface area contributed by atoms with E-state index >= 15 is 0 Å². The van der Waals surface area contributed by atoms with Crippen molar-refractivity contribution in [3.05, 3.63) is 0 Å². The van der Waals surface area contributed by atoms with Crippen LogP contribution in [0.3, 0.4) is 0 Å². The molecule has 1 saturated heterocycles. The predicted octanol–water partition coefficient (Wildman–Crippen LogP) is 0.950. The maximum absolute atomic E-state index is 11.9. The molecule has 2 unspecified atom stereocenters. The van der Waals surface area contributed by atoms with Gasteiger partial charge in [-0.2, -0.15) is 0 Å². The van der Waals surface area contributed by atoms with E-state index in [1.807, 2.05) is 20.8 Å². The minimum Gasteiger partial charge on any atom is -0.315 e. The molecule has 0 aliphatic carbocycles. The van der Waals surface area contributed by atoms with Crippen molar-refractivity contribution in [2.45, 2.75) is 40.2 Å². The largest absolute Gasteiger partial charge is 0.315 e.